The van der Waals surface area contributed by atoms with E-state index < -0.39 is 55.1 Å². The Labute approximate surface area is 198 Å². The predicted octanol–water partition coefficient (Wildman–Crippen LogP) is 2.85. The first-order valence-electron chi connectivity index (χ1n) is 9.03. The van der Waals surface area contributed by atoms with E-state index in [0.29, 0.717) is 17.8 Å². The number of carbonyl (C=O) groups excluding carboxylic acids is 2. The molecular formula is C19H20F3N3O7S2. The Kier molecular flexibility index (Phi) is 8.83. The number of carbonyl (C=O) groups is 2. The van der Waals surface area contributed by atoms with Crippen molar-refractivity contribution < 1.29 is 41.2 Å². The molecule has 0 aliphatic carbocycles. The lowest BCUT2D eigenvalue weighted by Crippen LogP contribution is -2.45. The van der Waals surface area contributed by atoms with Crippen LogP contribution in [0, 0.1) is 10.1 Å². The van der Waals surface area contributed by atoms with Crippen molar-refractivity contribution in [2.75, 3.05) is 16.4 Å². The number of rotatable bonds is 7. The third-order valence-electron chi connectivity index (χ3n) is 4.25. The minimum atomic E-state index is -5.10. The summed E-state index contributed by atoms with van der Waals surface area (Å²) in [6, 6.07) is 6.51. The number of nitrogens with one attached hydrogen (secondary N) is 2. The number of hydrogen-bond acceptors (Lipinski definition) is 7. The first-order chi connectivity index (χ1) is 15.0. The van der Waals surface area contributed by atoms with Crippen molar-refractivity contribution in [3.8, 4) is 0 Å². The molecule has 2 rings (SSSR count). The molecule has 2 aromatic carbocycles. The minimum absolute atomic E-state index is 0. The van der Waals surface area contributed by atoms with E-state index in [1.807, 2.05) is 5.32 Å². The van der Waals surface area contributed by atoms with Gasteiger partial charge in [-0.25, -0.2) is 8.42 Å². The molecule has 0 radical (unpaired) electrons. The third-order valence-corrected chi connectivity index (χ3v) is 6.18. The molecule has 3 N–H and O–H groups in total. The van der Waals surface area contributed by atoms with E-state index >= 15 is 0 Å². The van der Waals surface area contributed by atoms with Gasteiger partial charge >= 0.3 is 6.18 Å². The van der Waals surface area contributed by atoms with Gasteiger partial charge in [-0.05, 0) is 43.3 Å². The third kappa shape index (κ3) is 7.16. The first kappa shape index (κ1) is 28.9. The van der Waals surface area contributed by atoms with Gasteiger partial charge in [0.2, 0.25) is 5.91 Å². The summed E-state index contributed by atoms with van der Waals surface area (Å²) in [5, 5.41) is 25.6. The predicted molar refractivity (Wildman–Crippen MR) is 121 cm³/mol. The lowest BCUT2D eigenvalue weighted by atomic mass is 10.1. The molecule has 0 heterocycles. The molecule has 15 heteroatoms. The number of anilines is 2. The zero-order chi connectivity index (χ0) is 25.2. The molecule has 0 aliphatic rings. The average Bonchev–Trinajstić information content (AvgIpc) is 2.66. The number of hydrogen-bond donors (Lipinski definition) is 3. The maximum absolute atomic E-state index is 13.1. The van der Waals surface area contributed by atoms with Gasteiger partial charge in [-0.3, -0.25) is 19.7 Å². The van der Waals surface area contributed by atoms with Crippen LogP contribution in [0.4, 0.5) is 30.2 Å². The Morgan fingerprint density at radius 3 is 2.06 bits per heavy atom. The van der Waals surface area contributed by atoms with Gasteiger partial charge in [-0.1, -0.05) is 0 Å². The largest absolute Gasteiger partial charge is 0.423 e. The lowest BCUT2D eigenvalue weighted by Gasteiger charge is -2.22. The van der Waals surface area contributed by atoms with Gasteiger partial charge in [0.05, 0.1) is 15.6 Å². The second-order valence-corrected chi connectivity index (χ2v) is 9.17. The molecule has 1 atom stereocenters. The van der Waals surface area contributed by atoms with Gasteiger partial charge in [0.15, 0.2) is 15.4 Å². The maximum Gasteiger partial charge on any atom is 0.423 e. The van der Waals surface area contributed by atoms with Gasteiger partial charge in [-0.2, -0.15) is 26.7 Å². The summed E-state index contributed by atoms with van der Waals surface area (Å²) in [6.45, 7) is 2.10. The number of aliphatic hydroxyl groups is 1. The van der Waals surface area contributed by atoms with Crippen LogP contribution in [0.1, 0.15) is 19.4 Å². The molecule has 0 saturated carbocycles. The molecule has 0 fully saturated rings. The molecule has 0 aliphatic heterocycles. The normalized spacial score (nSPS) is 13.2. The quantitative estimate of drug-likeness (QED) is 0.372. The highest BCUT2D eigenvalue weighted by Crippen LogP contribution is 2.37. The Morgan fingerprint density at radius 2 is 1.59 bits per heavy atom. The summed E-state index contributed by atoms with van der Waals surface area (Å²) in [5.41, 5.74) is -5.66. The van der Waals surface area contributed by atoms with Gasteiger partial charge in [-0.15, -0.1) is 0 Å². The highest BCUT2D eigenvalue weighted by atomic mass is 32.2. The van der Waals surface area contributed by atoms with E-state index in [2.05, 4.69) is 5.32 Å². The van der Waals surface area contributed by atoms with E-state index in [-0.39, 0.29) is 24.3 Å². The summed E-state index contributed by atoms with van der Waals surface area (Å²) in [7, 11) is -4.24. The second kappa shape index (κ2) is 10.4. The Bertz CT molecular complexity index is 1200. The molecule has 2 aromatic rings. The number of nitro benzene ring substituents is 1. The summed E-state index contributed by atoms with van der Waals surface area (Å²) in [5.74, 6) is -2.85. The standard InChI is InChI=1S/C19H18F3N3O7S.H2S/c1-11(26)23-12-3-6-14(7-4-12)33(31,32)10-18(2,28)17(27)24-13-5-8-16(25(29)30)15(9-13)19(20,21)22;/h3-9,28H,10H2,1-2H3,(H,23,26)(H,24,27);1H2/t18-;/m1./s1. The van der Waals surface area contributed by atoms with Crippen molar-refractivity contribution >= 4 is 52.2 Å². The van der Waals surface area contributed by atoms with E-state index in [4.69, 9.17) is 0 Å². The van der Waals surface area contributed by atoms with Crippen LogP contribution >= 0.6 is 13.5 Å². The van der Waals surface area contributed by atoms with Crippen LogP contribution in [-0.2, 0) is 25.6 Å². The molecule has 0 bridgehead atoms. The van der Waals surface area contributed by atoms with Crippen LogP contribution < -0.4 is 10.6 Å². The van der Waals surface area contributed by atoms with Crippen molar-refractivity contribution in [3.63, 3.8) is 0 Å². The van der Waals surface area contributed by atoms with Gasteiger partial charge < -0.3 is 15.7 Å². The van der Waals surface area contributed by atoms with E-state index in [9.17, 15) is 46.4 Å². The number of halogens is 3. The number of nitrogens with zero attached hydrogens (tertiary/aromatic N) is 1. The van der Waals surface area contributed by atoms with E-state index in [1.54, 1.807) is 0 Å². The summed E-state index contributed by atoms with van der Waals surface area (Å²) >= 11 is 0. The smallest absolute Gasteiger partial charge is 0.379 e. The Balaban J connectivity index is 0.00000578. The molecule has 10 nitrogen and oxygen atoms in total. The molecule has 2 amide bonds. The van der Waals surface area contributed by atoms with E-state index in [0.717, 1.165) is 25.1 Å². The zero-order valence-electron chi connectivity index (χ0n) is 17.6. The summed E-state index contributed by atoms with van der Waals surface area (Å²) < 4.78 is 64.5. The first-order valence-corrected chi connectivity index (χ1v) is 10.7. The zero-order valence-corrected chi connectivity index (χ0v) is 19.5. The van der Waals surface area contributed by atoms with Crippen LogP contribution in [0.5, 0.6) is 0 Å². The molecule has 0 unspecified atom stereocenters. The van der Waals surface area contributed by atoms with Crippen molar-refractivity contribution in [1.82, 2.24) is 0 Å². The van der Waals surface area contributed by atoms with Gasteiger partial charge in [0, 0.05) is 24.4 Å². The van der Waals surface area contributed by atoms with Crippen molar-refractivity contribution in [3.05, 3.63) is 58.1 Å². The van der Waals surface area contributed by atoms with Crippen LogP contribution in [0.25, 0.3) is 0 Å². The summed E-state index contributed by atoms with van der Waals surface area (Å²) in [4.78, 5) is 32.7. The average molecular weight is 524 g/mol. The minimum Gasteiger partial charge on any atom is -0.379 e. The fourth-order valence-corrected chi connectivity index (χ4v) is 4.32. The van der Waals surface area contributed by atoms with Crippen LogP contribution in [0.3, 0.4) is 0 Å². The number of amides is 2. The second-order valence-electron chi connectivity index (χ2n) is 7.18. The van der Waals surface area contributed by atoms with Gasteiger partial charge in [0.1, 0.15) is 5.56 Å². The molecular weight excluding hydrogens is 503 g/mol. The maximum atomic E-state index is 13.1. The SMILES string of the molecule is CC(=O)Nc1ccc(S(=O)(=O)C[C@@](C)(O)C(=O)Nc2ccc([N+](=O)[O-])c(C(F)(F)F)c2)cc1.S. The number of benzene rings is 2. The Hall–Kier alpha value is -3.17. The van der Waals surface area contributed by atoms with Crippen LogP contribution in [0.2, 0.25) is 0 Å². The number of sulfone groups is 1. The molecule has 0 spiro atoms. The fourth-order valence-electron chi connectivity index (χ4n) is 2.73. The summed E-state index contributed by atoms with van der Waals surface area (Å²) in [6.07, 6.45) is -5.10. The highest BCUT2D eigenvalue weighted by molar-refractivity contribution is 7.91. The van der Waals surface area contributed by atoms with E-state index in [1.165, 1.54) is 19.1 Å². The monoisotopic (exact) mass is 523 g/mol. The van der Waals surface area contributed by atoms with Gasteiger partial charge in [0.25, 0.3) is 11.6 Å². The molecule has 0 saturated heterocycles. The fraction of sp³-hybridized carbons (Fsp3) is 0.263. The lowest BCUT2D eigenvalue weighted by molar-refractivity contribution is -0.388. The van der Waals surface area contributed by atoms with Crippen molar-refractivity contribution in [2.45, 2.75) is 30.5 Å². The number of alkyl halides is 3. The van der Waals surface area contributed by atoms with Crippen LogP contribution in [0.15, 0.2) is 47.4 Å². The van der Waals surface area contributed by atoms with Crippen molar-refractivity contribution in [1.29, 1.82) is 0 Å². The molecule has 186 valence electrons. The molecule has 34 heavy (non-hydrogen) atoms. The Morgan fingerprint density at radius 1 is 1.06 bits per heavy atom. The number of nitro groups is 1. The van der Waals surface area contributed by atoms with Crippen LogP contribution in [-0.4, -0.2) is 41.6 Å². The molecule has 0 aromatic heterocycles. The highest BCUT2D eigenvalue weighted by Gasteiger charge is 2.40. The van der Waals surface area contributed by atoms with Crippen molar-refractivity contribution in [2.24, 2.45) is 0 Å². The topological polar surface area (TPSA) is 156 Å².